The van der Waals surface area contributed by atoms with Crippen LogP contribution in [0.15, 0.2) is 36.4 Å². The Bertz CT molecular complexity index is 973. The first-order valence-electron chi connectivity index (χ1n) is 6.68. The molecule has 2 aromatic rings. The highest BCUT2D eigenvalue weighted by Gasteiger charge is 2.34. The molecule has 0 unspecified atom stereocenters. The van der Waals surface area contributed by atoms with Gasteiger partial charge in [-0.3, -0.25) is 24.8 Å². The predicted octanol–water partition coefficient (Wildman–Crippen LogP) is 3.12. The number of alkyl halides is 3. The monoisotopic (exact) mass is 408 g/mol. The van der Waals surface area contributed by atoms with Crippen LogP contribution >= 0.6 is 7.60 Å². The van der Waals surface area contributed by atoms with E-state index in [4.69, 9.17) is 4.74 Å². The number of nitro benzene ring substituents is 2. The number of nitrogens with zero attached hydrogens (tertiary/aromatic N) is 2. The minimum Gasteiger partial charge on any atom is -0.450 e. The molecule has 0 aromatic heterocycles. The normalized spacial score (nSPS) is 11.9. The summed E-state index contributed by atoms with van der Waals surface area (Å²) in [6.45, 7) is 0. The Morgan fingerprint density at radius 3 is 2.04 bits per heavy atom. The standard InChI is InChI=1S/C13H8F3N2O8P/c14-13(15,16)7-1-4-11(10(5-7)18(21)22)26-8-2-3-9(17(19)20)12(6-8)27(23,24)25/h1-6H,(H2,23,24,25). The summed E-state index contributed by atoms with van der Waals surface area (Å²) in [5.41, 5.74) is -3.28. The maximum atomic E-state index is 12.7. The fraction of sp³-hybridized carbons (Fsp3) is 0.0769. The van der Waals surface area contributed by atoms with Crippen molar-refractivity contribution in [2.75, 3.05) is 0 Å². The average Bonchev–Trinajstić information content (AvgIpc) is 2.52. The second-order valence-corrected chi connectivity index (χ2v) is 6.56. The Kier molecular flexibility index (Phi) is 5.22. The molecule has 2 N–H and O–H groups in total. The fourth-order valence-corrected chi connectivity index (χ4v) is 2.75. The number of ether oxygens (including phenoxy) is 1. The molecular weight excluding hydrogens is 400 g/mol. The lowest BCUT2D eigenvalue weighted by atomic mass is 10.2. The van der Waals surface area contributed by atoms with Crippen LogP contribution in [0.25, 0.3) is 0 Å². The van der Waals surface area contributed by atoms with Gasteiger partial charge in [0.05, 0.1) is 15.4 Å². The van der Waals surface area contributed by atoms with Crippen molar-refractivity contribution in [1.29, 1.82) is 0 Å². The van der Waals surface area contributed by atoms with E-state index in [9.17, 15) is 47.8 Å². The smallest absolute Gasteiger partial charge is 0.416 e. The van der Waals surface area contributed by atoms with E-state index < -0.39 is 57.4 Å². The molecule has 0 aliphatic carbocycles. The highest BCUT2D eigenvalue weighted by Crippen LogP contribution is 2.41. The highest BCUT2D eigenvalue weighted by atomic mass is 31.2. The van der Waals surface area contributed by atoms with Gasteiger partial charge in [-0.25, -0.2) is 0 Å². The molecule has 2 aromatic carbocycles. The van der Waals surface area contributed by atoms with Crippen LogP contribution < -0.4 is 10.0 Å². The van der Waals surface area contributed by atoms with Gasteiger partial charge >= 0.3 is 19.5 Å². The van der Waals surface area contributed by atoms with Crippen LogP contribution in [0, 0.1) is 20.2 Å². The van der Waals surface area contributed by atoms with Crippen molar-refractivity contribution in [2.24, 2.45) is 0 Å². The van der Waals surface area contributed by atoms with Gasteiger partial charge in [-0.15, -0.1) is 0 Å². The fourth-order valence-electron chi connectivity index (χ4n) is 2.00. The molecule has 2 rings (SSSR count). The van der Waals surface area contributed by atoms with Crippen LogP contribution in [-0.2, 0) is 10.7 Å². The van der Waals surface area contributed by atoms with E-state index in [1.165, 1.54) is 0 Å². The molecule has 0 radical (unpaired) electrons. The van der Waals surface area contributed by atoms with E-state index in [0.717, 1.165) is 6.07 Å². The molecule has 0 bridgehead atoms. The Morgan fingerprint density at radius 1 is 0.963 bits per heavy atom. The third kappa shape index (κ3) is 4.58. The van der Waals surface area contributed by atoms with Crippen LogP contribution in [0.4, 0.5) is 24.5 Å². The van der Waals surface area contributed by atoms with Gasteiger partial charge in [0.25, 0.3) is 5.69 Å². The minimum atomic E-state index is -5.11. The molecular formula is C13H8F3N2O8P. The third-order valence-corrected chi connectivity index (χ3v) is 4.15. The molecule has 0 aliphatic rings. The molecule has 10 nitrogen and oxygen atoms in total. The maximum Gasteiger partial charge on any atom is 0.416 e. The molecule has 0 amide bonds. The summed E-state index contributed by atoms with van der Waals surface area (Å²) in [5, 5.41) is 20.8. The highest BCUT2D eigenvalue weighted by molar-refractivity contribution is 7.60. The van der Waals surface area contributed by atoms with Gasteiger partial charge < -0.3 is 14.5 Å². The SMILES string of the molecule is O=[N+]([O-])c1cc(C(F)(F)F)ccc1Oc1ccc([N+](=O)[O-])c(P(=O)(O)O)c1. The van der Waals surface area contributed by atoms with Gasteiger partial charge in [-0.05, 0) is 18.2 Å². The molecule has 0 fully saturated rings. The van der Waals surface area contributed by atoms with Gasteiger partial charge in [0.15, 0.2) is 0 Å². The lowest BCUT2D eigenvalue weighted by molar-refractivity contribution is -0.385. The number of rotatable bonds is 5. The van der Waals surface area contributed by atoms with Crippen molar-refractivity contribution < 1.29 is 42.1 Å². The Labute approximate surface area is 147 Å². The van der Waals surface area contributed by atoms with E-state index in [2.05, 4.69) is 0 Å². The molecule has 0 spiro atoms. The summed E-state index contributed by atoms with van der Waals surface area (Å²) in [6, 6.07) is 3.56. The Balaban J connectivity index is 2.53. The minimum absolute atomic E-state index is 0.227. The van der Waals surface area contributed by atoms with Crippen molar-refractivity contribution in [3.63, 3.8) is 0 Å². The first-order chi connectivity index (χ1) is 12.3. The van der Waals surface area contributed by atoms with Gasteiger partial charge in [-0.1, -0.05) is 0 Å². The molecule has 14 heteroatoms. The number of halogens is 3. The number of hydrogen-bond acceptors (Lipinski definition) is 6. The van der Waals surface area contributed by atoms with E-state index in [-0.39, 0.29) is 6.07 Å². The number of nitro groups is 2. The van der Waals surface area contributed by atoms with Crippen molar-refractivity contribution in [3.05, 3.63) is 62.2 Å². The summed E-state index contributed by atoms with van der Waals surface area (Å²) >= 11 is 0. The van der Waals surface area contributed by atoms with Crippen LogP contribution in [0.1, 0.15) is 5.56 Å². The van der Waals surface area contributed by atoms with E-state index >= 15 is 0 Å². The number of benzene rings is 2. The summed E-state index contributed by atoms with van der Waals surface area (Å²) in [7, 11) is -5.11. The lowest BCUT2D eigenvalue weighted by Gasteiger charge is -2.11. The zero-order valence-corrected chi connectivity index (χ0v) is 13.7. The second kappa shape index (κ2) is 6.95. The molecule has 0 saturated carbocycles. The largest absolute Gasteiger partial charge is 0.450 e. The molecule has 0 heterocycles. The summed E-state index contributed by atoms with van der Waals surface area (Å²) < 4.78 is 54.5. The summed E-state index contributed by atoms with van der Waals surface area (Å²) in [4.78, 5) is 38.0. The molecule has 0 saturated heterocycles. The first-order valence-corrected chi connectivity index (χ1v) is 8.30. The second-order valence-electron chi connectivity index (χ2n) is 4.99. The molecule has 0 aliphatic heterocycles. The zero-order valence-electron chi connectivity index (χ0n) is 12.8. The van der Waals surface area contributed by atoms with Crippen LogP contribution in [0.5, 0.6) is 11.5 Å². The topological polar surface area (TPSA) is 153 Å². The first kappa shape index (κ1) is 20.3. The van der Waals surface area contributed by atoms with Gasteiger partial charge in [0.2, 0.25) is 5.75 Å². The summed E-state index contributed by atoms with van der Waals surface area (Å²) in [6.07, 6.45) is -4.84. The van der Waals surface area contributed by atoms with Crippen molar-refractivity contribution in [1.82, 2.24) is 0 Å². The van der Waals surface area contributed by atoms with Crippen molar-refractivity contribution in [2.45, 2.75) is 6.18 Å². The molecule has 0 atom stereocenters. The number of hydrogen-bond donors (Lipinski definition) is 2. The average molecular weight is 408 g/mol. The van der Waals surface area contributed by atoms with Gasteiger partial charge in [0, 0.05) is 18.2 Å². The van der Waals surface area contributed by atoms with E-state index in [1.807, 2.05) is 0 Å². The predicted molar refractivity (Wildman–Crippen MR) is 82.9 cm³/mol. The molecule has 144 valence electrons. The van der Waals surface area contributed by atoms with Crippen LogP contribution in [-0.4, -0.2) is 19.6 Å². The quantitative estimate of drug-likeness (QED) is 0.435. The van der Waals surface area contributed by atoms with Gasteiger partial charge in [0.1, 0.15) is 11.1 Å². The Morgan fingerprint density at radius 2 is 1.56 bits per heavy atom. The zero-order chi connectivity index (χ0) is 20.6. The van der Waals surface area contributed by atoms with Crippen LogP contribution in [0.3, 0.4) is 0 Å². The summed E-state index contributed by atoms with van der Waals surface area (Å²) in [5.74, 6) is -1.11. The lowest BCUT2D eigenvalue weighted by Crippen LogP contribution is -2.11. The van der Waals surface area contributed by atoms with Gasteiger partial charge in [-0.2, -0.15) is 13.2 Å². The maximum absolute atomic E-state index is 12.7. The molecule has 27 heavy (non-hydrogen) atoms. The van der Waals surface area contributed by atoms with Crippen molar-refractivity contribution in [3.8, 4) is 11.5 Å². The van der Waals surface area contributed by atoms with Crippen molar-refractivity contribution >= 4 is 24.3 Å². The van der Waals surface area contributed by atoms with E-state index in [1.54, 1.807) is 0 Å². The van der Waals surface area contributed by atoms with E-state index in [0.29, 0.717) is 24.3 Å². The Hall–Kier alpha value is -3.02. The van der Waals surface area contributed by atoms with Crippen LogP contribution in [0.2, 0.25) is 0 Å². The third-order valence-electron chi connectivity index (χ3n) is 3.17.